The Kier molecular flexibility index (Phi) is 6.65. The first-order valence-electron chi connectivity index (χ1n) is 7.24. The molecule has 1 aliphatic rings. The van der Waals surface area contributed by atoms with Gasteiger partial charge < -0.3 is 10.0 Å². The van der Waals surface area contributed by atoms with Crippen LogP contribution in [0.1, 0.15) is 46.5 Å². The van der Waals surface area contributed by atoms with E-state index in [0.717, 1.165) is 38.9 Å². The van der Waals surface area contributed by atoms with Crippen LogP contribution in [0.2, 0.25) is 0 Å². The summed E-state index contributed by atoms with van der Waals surface area (Å²) in [6.07, 6.45) is 4.45. The summed E-state index contributed by atoms with van der Waals surface area (Å²) in [5, 5.41) is 9.00. The smallest absolute Gasteiger partial charge is 0.317 e. The average molecular weight is 256 g/mol. The van der Waals surface area contributed by atoms with E-state index in [1.807, 2.05) is 0 Å². The quantitative estimate of drug-likeness (QED) is 0.790. The molecule has 1 fully saturated rings. The maximum Gasteiger partial charge on any atom is 0.317 e. The van der Waals surface area contributed by atoms with Crippen molar-refractivity contribution in [2.45, 2.75) is 58.5 Å². The van der Waals surface area contributed by atoms with Crippen molar-refractivity contribution >= 4 is 5.97 Å². The third-order valence-corrected chi connectivity index (χ3v) is 3.83. The van der Waals surface area contributed by atoms with Crippen molar-refractivity contribution in [3.63, 3.8) is 0 Å². The molecule has 0 radical (unpaired) electrons. The van der Waals surface area contributed by atoms with Crippen molar-refractivity contribution in [3.8, 4) is 0 Å². The minimum absolute atomic E-state index is 0.195. The molecule has 1 aliphatic heterocycles. The van der Waals surface area contributed by atoms with E-state index in [0.29, 0.717) is 12.1 Å². The van der Waals surface area contributed by atoms with Gasteiger partial charge >= 0.3 is 5.97 Å². The minimum atomic E-state index is -0.701. The molecule has 106 valence electrons. The fourth-order valence-corrected chi connectivity index (χ4v) is 2.83. The monoisotopic (exact) mass is 256 g/mol. The second-order valence-corrected chi connectivity index (χ2v) is 5.58. The van der Waals surface area contributed by atoms with Gasteiger partial charge in [0.2, 0.25) is 0 Å². The van der Waals surface area contributed by atoms with E-state index < -0.39 is 5.97 Å². The third-order valence-electron chi connectivity index (χ3n) is 3.83. The van der Waals surface area contributed by atoms with E-state index in [4.69, 9.17) is 5.11 Å². The van der Waals surface area contributed by atoms with Gasteiger partial charge in [-0.1, -0.05) is 6.92 Å². The minimum Gasteiger partial charge on any atom is -0.480 e. The first-order chi connectivity index (χ1) is 8.54. The van der Waals surface area contributed by atoms with Crippen LogP contribution in [0.5, 0.6) is 0 Å². The van der Waals surface area contributed by atoms with Crippen molar-refractivity contribution in [3.05, 3.63) is 0 Å². The first-order valence-corrected chi connectivity index (χ1v) is 7.24. The Morgan fingerprint density at radius 1 is 1.39 bits per heavy atom. The van der Waals surface area contributed by atoms with Gasteiger partial charge in [0.25, 0.3) is 0 Å². The van der Waals surface area contributed by atoms with Crippen LogP contribution in [0.4, 0.5) is 0 Å². The summed E-state index contributed by atoms with van der Waals surface area (Å²) in [4.78, 5) is 15.6. The molecule has 0 aromatic carbocycles. The molecule has 1 saturated heterocycles. The van der Waals surface area contributed by atoms with Crippen LogP contribution < -0.4 is 0 Å². The first kappa shape index (κ1) is 15.4. The Labute approximate surface area is 111 Å². The molecule has 0 bridgehead atoms. The van der Waals surface area contributed by atoms with Gasteiger partial charge in [-0.05, 0) is 59.2 Å². The molecule has 0 saturated carbocycles. The van der Waals surface area contributed by atoms with Crippen LogP contribution in [0.3, 0.4) is 0 Å². The molecule has 0 spiro atoms. The Morgan fingerprint density at radius 3 is 2.67 bits per heavy atom. The highest BCUT2D eigenvalue weighted by Crippen LogP contribution is 2.18. The largest absolute Gasteiger partial charge is 0.480 e. The number of carboxylic acid groups (broad SMARTS) is 1. The van der Waals surface area contributed by atoms with Gasteiger partial charge in [-0.3, -0.25) is 9.69 Å². The van der Waals surface area contributed by atoms with E-state index in [1.54, 1.807) is 0 Å². The summed E-state index contributed by atoms with van der Waals surface area (Å²) in [6, 6.07) is 1.05. The lowest BCUT2D eigenvalue weighted by Gasteiger charge is -2.30. The molecule has 0 aliphatic carbocycles. The molecule has 18 heavy (non-hydrogen) atoms. The zero-order chi connectivity index (χ0) is 13.5. The second-order valence-electron chi connectivity index (χ2n) is 5.58. The number of rotatable bonds is 6. The average Bonchev–Trinajstić information content (AvgIpc) is 2.53. The van der Waals surface area contributed by atoms with Crippen LogP contribution in [0, 0.1) is 0 Å². The van der Waals surface area contributed by atoms with E-state index in [-0.39, 0.29) is 6.54 Å². The van der Waals surface area contributed by atoms with Gasteiger partial charge in [0.15, 0.2) is 0 Å². The number of hydrogen-bond donors (Lipinski definition) is 1. The molecule has 1 unspecified atom stereocenters. The maximum absolute atomic E-state index is 10.9. The summed E-state index contributed by atoms with van der Waals surface area (Å²) in [6.45, 7) is 9.94. The number of nitrogens with zero attached hydrogens (tertiary/aromatic N) is 2. The van der Waals surface area contributed by atoms with Crippen molar-refractivity contribution < 1.29 is 9.90 Å². The van der Waals surface area contributed by atoms with Gasteiger partial charge in [-0.15, -0.1) is 0 Å². The number of aliphatic carboxylic acids is 1. The topological polar surface area (TPSA) is 43.8 Å². The third kappa shape index (κ3) is 4.94. The van der Waals surface area contributed by atoms with E-state index in [1.165, 1.54) is 6.42 Å². The zero-order valence-corrected chi connectivity index (χ0v) is 12.1. The van der Waals surface area contributed by atoms with Gasteiger partial charge in [0.1, 0.15) is 0 Å². The Morgan fingerprint density at radius 2 is 2.11 bits per heavy atom. The summed E-state index contributed by atoms with van der Waals surface area (Å²) in [5.74, 6) is -0.701. The van der Waals surface area contributed by atoms with Crippen molar-refractivity contribution in [2.24, 2.45) is 0 Å². The molecular weight excluding hydrogens is 228 g/mol. The van der Waals surface area contributed by atoms with Gasteiger partial charge in [-0.2, -0.15) is 0 Å². The number of likely N-dealkylation sites (tertiary alicyclic amines) is 1. The molecule has 1 heterocycles. The fraction of sp³-hybridized carbons (Fsp3) is 0.929. The SMILES string of the molecule is CCCN(CC(=O)O)C1CCCN(C(C)C)CC1. The molecule has 1 rings (SSSR count). The van der Waals surface area contributed by atoms with Crippen LogP contribution in [-0.2, 0) is 4.79 Å². The van der Waals surface area contributed by atoms with E-state index >= 15 is 0 Å². The maximum atomic E-state index is 10.9. The summed E-state index contributed by atoms with van der Waals surface area (Å²) < 4.78 is 0. The fourth-order valence-electron chi connectivity index (χ4n) is 2.83. The molecule has 1 N–H and O–H groups in total. The van der Waals surface area contributed by atoms with E-state index in [9.17, 15) is 4.79 Å². The van der Waals surface area contributed by atoms with Crippen LogP contribution in [0.15, 0.2) is 0 Å². The molecule has 0 amide bonds. The Hall–Kier alpha value is -0.610. The van der Waals surface area contributed by atoms with Crippen LogP contribution >= 0.6 is 0 Å². The predicted octanol–water partition coefficient (Wildman–Crippen LogP) is 2.05. The highest BCUT2D eigenvalue weighted by Gasteiger charge is 2.24. The molecule has 1 atom stereocenters. The number of hydrogen-bond acceptors (Lipinski definition) is 3. The molecule has 4 heteroatoms. The van der Waals surface area contributed by atoms with Gasteiger partial charge in [0, 0.05) is 12.1 Å². The van der Waals surface area contributed by atoms with Crippen molar-refractivity contribution in [1.29, 1.82) is 0 Å². The van der Waals surface area contributed by atoms with Crippen molar-refractivity contribution in [2.75, 3.05) is 26.2 Å². The van der Waals surface area contributed by atoms with E-state index in [2.05, 4.69) is 30.6 Å². The summed E-state index contributed by atoms with van der Waals surface area (Å²) >= 11 is 0. The Balaban J connectivity index is 2.54. The lowest BCUT2D eigenvalue weighted by molar-refractivity contribution is -0.139. The standard InChI is InChI=1S/C14H28N2O2/c1-4-8-16(11-14(17)18)13-6-5-9-15(10-7-13)12(2)3/h12-13H,4-11H2,1-3H3,(H,17,18). The normalized spacial score (nSPS) is 22.4. The number of carboxylic acids is 1. The van der Waals surface area contributed by atoms with Crippen LogP contribution in [-0.4, -0.2) is 59.1 Å². The molecule has 0 aromatic heterocycles. The summed E-state index contributed by atoms with van der Waals surface area (Å²) in [7, 11) is 0. The number of carbonyl (C=O) groups is 1. The summed E-state index contributed by atoms with van der Waals surface area (Å²) in [5.41, 5.74) is 0. The van der Waals surface area contributed by atoms with Gasteiger partial charge in [-0.25, -0.2) is 0 Å². The second kappa shape index (κ2) is 7.74. The van der Waals surface area contributed by atoms with Crippen molar-refractivity contribution in [1.82, 2.24) is 9.80 Å². The molecule has 4 nitrogen and oxygen atoms in total. The predicted molar refractivity (Wildman–Crippen MR) is 73.8 cm³/mol. The molecule has 0 aromatic rings. The molecular formula is C14H28N2O2. The van der Waals surface area contributed by atoms with Crippen LogP contribution in [0.25, 0.3) is 0 Å². The zero-order valence-electron chi connectivity index (χ0n) is 12.1. The lowest BCUT2D eigenvalue weighted by atomic mass is 10.1. The Bertz CT molecular complexity index is 256. The lowest BCUT2D eigenvalue weighted by Crippen LogP contribution is -2.40. The van der Waals surface area contributed by atoms with Gasteiger partial charge in [0.05, 0.1) is 6.54 Å². The highest BCUT2D eigenvalue weighted by molar-refractivity contribution is 5.69. The highest BCUT2D eigenvalue weighted by atomic mass is 16.4.